The topological polar surface area (TPSA) is 58.0 Å². The first-order valence-electron chi connectivity index (χ1n) is 4.91. The number of hydrogen-bond donors (Lipinski definition) is 2. The molecule has 0 fully saturated rings. The molecule has 0 saturated heterocycles. The Balaban J connectivity index is 2.58. The molecule has 1 heterocycles. The molecule has 0 amide bonds. The number of nitrogens with one attached hydrogen (secondary N) is 1. The molecule has 0 bridgehead atoms. The molecule has 0 aliphatic heterocycles. The average molecular weight is 272 g/mol. The van der Waals surface area contributed by atoms with E-state index in [4.69, 9.17) is 11.6 Å². The predicted molar refractivity (Wildman–Crippen MR) is 63.6 cm³/mol. The van der Waals surface area contributed by atoms with Gasteiger partial charge >= 0.3 is 0 Å². The lowest BCUT2D eigenvalue weighted by Gasteiger charge is -2.06. The van der Waals surface area contributed by atoms with Crippen molar-refractivity contribution in [2.45, 2.75) is 0 Å². The maximum atomic E-state index is 13.6. The summed E-state index contributed by atoms with van der Waals surface area (Å²) in [4.78, 5) is 7.50. The molecule has 0 spiro atoms. The number of rotatable bonds is 2. The van der Waals surface area contributed by atoms with Crippen LogP contribution >= 0.6 is 11.6 Å². The molecule has 4 nitrogen and oxygen atoms in total. The minimum atomic E-state index is -0.745. The fourth-order valence-electron chi connectivity index (χ4n) is 1.38. The number of anilines is 1. The van der Waals surface area contributed by atoms with Gasteiger partial charge in [-0.05, 0) is 6.07 Å². The van der Waals surface area contributed by atoms with Crippen molar-refractivity contribution in [3.8, 4) is 17.1 Å². The highest BCUT2D eigenvalue weighted by molar-refractivity contribution is 6.32. The third-order valence-electron chi connectivity index (χ3n) is 2.26. The van der Waals surface area contributed by atoms with Crippen LogP contribution in [0.5, 0.6) is 5.75 Å². The molecular formula is C11H8ClF2N3O. The molecule has 2 rings (SSSR count). The van der Waals surface area contributed by atoms with Crippen LogP contribution in [0.3, 0.4) is 0 Å². The Labute approximate surface area is 106 Å². The normalized spacial score (nSPS) is 10.4. The molecule has 0 aliphatic rings. The zero-order chi connectivity index (χ0) is 13.3. The standard InChI is InChI=1S/C11H8ClF2N3O/c1-15-11-8(14)4-16-10(17-11)5-2-6(12)9(18)3-7(5)13/h2-4,18H,1H3,(H,15,16,17). The van der Waals surface area contributed by atoms with Gasteiger partial charge in [0.25, 0.3) is 0 Å². The Hall–Kier alpha value is -1.95. The Morgan fingerprint density at radius 3 is 2.67 bits per heavy atom. The highest BCUT2D eigenvalue weighted by Gasteiger charge is 2.14. The predicted octanol–water partition coefficient (Wildman–Crippen LogP) is 2.82. The lowest BCUT2D eigenvalue weighted by atomic mass is 10.2. The van der Waals surface area contributed by atoms with Crippen LogP contribution < -0.4 is 5.32 Å². The van der Waals surface area contributed by atoms with Gasteiger partial charge in [0, 0.05) is 13.1 Å². The molecule has 0 unspecified atom stereocenters. The van der Waals surface area contributed by atoms with E-state index in [-0.39, 0.29) is 28.0 Å². The first-order valence-corrected chi connectivity index (χ1v) is 5.29. The molecule has 0 atom stereocenters. The molecule has 0 radical (unpaired) electrons. The Morgan fingerprint density at radius 2 is 2.00 bits per heavy atom. The first kappa shape index (κ1) is 12.5. The van der Waals surface area contributed by atoms with E-state index in [2.05, 4.69) is 15.3 Å². The van der Waals surface area contributed by atoms with Crippen molar-refractivity contribution < 1.29 is 13.9 Å². The maximum Gasteiger partial charge on any atom is 0.183 e. The third kappa shape index (κ3) is 2.19. The lowest BCUT2D eigenvalue weighted by Crippen LogP contribution is -2.01. The van der Waals surface area contributed by atoms with Gasteiger partial charge < -0.3 is 10.4 Å². The summed E-state index contributed by atoms with van der Waals surface area (Å²) < 4.78 is 26.8. The second-order valence-electron chi connectivity index (χ2n) is 3.42. The summed E-state index contributed by atoms with van der Waals surface area (Å²) in [5, 5.41) is 11.7. The van der Waals surface area contributed by atoms with Crippen LogP contribution in [0.15, 0.2) is 18.3 Å². The molecular weight excluding hydrogens is 264 g/mol. The van der Waals surface area contributed by atoms with Crippen molar-refractivity contribution in [2.75, 3.05) is 12.4 Å². The lowest BCUT2D eigenvalue weighted by molar-refractivity contribution is 0.469. The number of aromatic hydroxyl groups is 1. The van der Waals surface area contributed by atoms with Gasteiger partial charge in [-0.2, -0.15) is 0 Å². The largest absolute Gasteiger partial charge is 0.506 e. The number of halogens is 3. The van der Waals surface area contributed by atoms with Crippen molar-refractivity contribution in [1.29, 1.82) is 0 Å². The van der Waals surface area contributed by atoms with Crippen molar-refractivity contribution in [3.63, 3.8) is 0 Å². The molecule has 0 saturated carbocycles. The SMILES string of the molecule is CNc1nc(-c2cc(Cl)c(O)cc2F)ncc1F. The molecule has 7 heteroatoms. The molecule has 2 aromatic rings. The second kappa shape index (κ2) is 4.73. The van der Waals surface area contributed by atoms with Gasteiger partial charge in [-0.3, -0.25) is 0 Å². The Kier molecular flexibility index (Phi) is 3.29. The van der Waals surface area contributed by atoms with Crippen molar-refractivity contribution in [2.24, 2.45) is 0 Å². The van der Waals surface area contributed by atoms with Gasteiger partial charge in [0.1, 0.15) is 11.6 Å². The van der Waals surface area contributed by atoms with Crippen molar-refractivity contribution in [1.82, 2.24) is 9.97 Å². The zero-order valence-corrected chi connectivity index (χ0v) is 9.96. The van der Waals surface area contributed by atoms with Gasteiger partial charge in [-0.15, -0.1) is 0 Å². The van der Waals surface area contributed by atoms with E-state index in [0.717, 1.165) is 12.3 Å². The molecule has 94 valence electrons. The number of phenols is 1. The molecule has 18 heavy (non-hydrogen) atoms. The van der Waals surface area contributed by atoms with Crippen molar-refractivity contribution in [3.05, 3.63) is 35.0 Å². The molecule has 1 aromatic carbocycles. The molecule has 2 N–H and O–H groups in total. The van der Waals surface area contributed by atoms with Gasteiger partial charge in [0.2, 0.25) is 0 Å². The molecule has 0 aliphatic carbocycles. The van der Waals surface area contributed by atoms with E-state index >= 15 is 0 Å². The van der Waals surface area contributed by atoms with E-state index in [1.54, 1.807) is 0 Å². The summed E-state index contributed by atoms with van der Waals surface area (Å²) in [5.74, 6) is -1.85. The quantitative estimate of drug-likeness (QED) is 0.882. The van der Waals surface area contributed by atoms with E-state index in [1.165, 1.54) is 13.1 Å². The average Bonchev–Trinajstić information content (AvgIpc) is 2.35. The summed E-state index contributed by atoms with van der Waals surface area (Å²) >= 11 is 5.68. The van der Waals surface area contributed by atoms with Gasteiger partial charge in [-0.1, -0.05) is 11.6 Å². The highest BCUT2D eigenvalue weighted by Crippen LogP contribution is 2.31. The van der Waals surface area contributed by atoms with Crippen LogP contribution in [-0.4, -0.2) is 22.1 Å². The highest BCUT2D eigenvalue weighted by atomic mass is 35.5. The van der Waals surface area contributed by atoms with E-state index < -0.39 is 11.6 Å². The third-order valence-corrected chi connectivity index (χ3v) is 2.56. The van der Waals surface area contributed by atoms with Crippen LogP contribution in [0, 0.1) is 11.6 Å². The summed E-state index contributed by atoms with van der Waals surface area (Å²) in [6.45, 7) is 0. The van der Waals surface area contributed by atoms with Crippen molar-refractivity contribution >= 4 is 17.4 Å². The van der Waals surface area contributed by atoms with E-state index in [0.29, 0.717) is 0 Å². The first-order chi connectivity index (χ1) is 8.52. The minimum absolute atomic E-state index is 0.0192. The van der Waals surface area contributed by atoms with Gasteiger partial charge in [0.15, 0.2) is 17.5 Å². The summed E-state index contributed by atoms with van der Waals surface area (Å²) in [7, 11) is 1.48. The number of phenolic OH excluding ortho intramolecular Hbond substituents is 1. The van der Waals surface area contributed by atoms with Gasteiger partial charge in [-0.25, -0.2) is 18.7 Å². The monoisotopic (exact) mass is 271 g/mol. The van der Waals surface area contributed by atoms with E-state index in [9.17, 15) is 13.9 Å². The van der Waals surface area contributed by atoms with Crippen LogP contribution in [-0.2, 0) is 0 Å². The fourth-order valence-corrected chi connectivity index (χ4v) is 1.54. The Morgan fingerprint density at radius 1 is 1.28 bits per heavy atom. The van der Waals surface area contributed by atoms with Crippen LogP contribution in [0.2, 0.25) is 5.02 Å². The summed E-state index contributed by atoms with van der Waals surface area (Å²) in [5.41, 5.74) is -0.0192. The molecule has 1 aromatic heterocycles. The summed E-state index contributed by atoms with van der Waals surface area (Å²) in [6, 6.07) is 2.03. The smallest absolute Gasteiger partial charge is 0.183 e. The zero-order valence-electron chi connectivity index (χ0n) is 9.21. The van der Waals surface area contributed by atoms with Crippen LogP contribution in [0.4, 0.5) is 14.6 Å². The van der Waals surface area contributed by atoms with Gasteiger partial charge in [0.05, 0.1) is 16.8 Å². The summed E-state index contributed by atoms with van der Waals surface area (Å²) in [6.07, 6.45) is 0.925. The van der Waals surface area contributed by atoms with Crippen LogP contribution in [0.1, 0.15) is 0 Å². The number of hydrogen-bond acceptors (Lipinski definition) is 4. The maximum absolute atomic E-state index is 13.6. The number of benzene rings is 1. The Bertz CT molecular complexity index is 607. The fraction of sp³-hybridized carbons (Fsp3) is 0.0909. The number of aromatic nitrogens is 2. The number of nitrogens with zero attached hydrogens (tertiary/aromatic N) is 2. The van der Waals surface area contributed by atoms with E-state index in [1.807, 2.05) is 0 Å². The second-order valence-corrected chi connectivity index (χ2v) is 3.83. The van der Waals surface area contributed by atoms with Crippen LogP contribution in [0.25, 0.3) is 11.4 Å². The minimum Gasteiger partial charge on any atom is -0.506 e.